The molecule has 7 nitrogen and oxygen atoms in total. The monoisotopic (exact) mass is 294 g/mol. The second kappa shape index (κ2) is 6.53. The fourth-order valence-corrected chi connectivity index (χ4v) is 2.37. The van der Waals surface area contributed by atoms with Gasteiger partial charge >= 0.3 is 5.97 Å². The third-order valence-corrected chi connectivity index (χ3v) is 3.43. The van der Waals surface area contributed by atoms with Crippen molar-refractivity contribution in [2.24, 2.45) is 0 Å². The lowest BCUT2D eigenvalue weighted by Gasteiger charge is -2.33. The van der Waals surface area contributed by atoms with Crippen LogP contribution >= 0.6 is 0 Å². The first-order valence-electron chi connectivity index (χ1n) is 6.69. The molecule has 0 radical (unpaired) electrons. The van der Waals surface area contributed by atoms with E-state index in [1.807, 2.05) is 11.8 Å². The number of benzene rings is 1. The Balaban J connectivity index is 2.19. The van der Waals surface area contributed by atoms with Crippen molar-refractivity contribution >= 4 is 17.3 Å². The maximum absolute atomic E-state index is 11.3. The topological polar surface area (TPSA) is 81.9 Å². The van der Waals surface area contributed by atoms with Gasteiger partial charge in [0.2, 0.25) is 0 Å². The number of morpholine rings is 1. The predicted octanol–water partition coefficient (Wildman–Crippen LogP) is 1.67. The van der Waals surface area contributed by atoms with Crippen molar-refractivity contribution in [3.63, 3.8) is 0 Å². The second-order valence-corrected chi connectivity index (χ2v) is 4.97. The zero-order chi connectivity index (χ0) is 15.4. The van der Waals surface area contributed by atoms with Crippen LogP contribution in [0.1, 0.15) is 12.0 Å². The lowest BCUT2D eigenvalue weighted by Crippen LogP contribution is -2.43. The predicted molar refractivity (Wildman–Crippen MR) is 76.4 cm³/mol. The molecule has 1 aliphatic heterocycles. The Labute approximate surface area is 122 Å². The summed E-state index contributed by atoms with van der Waals surface area (Å²) in [6.45, 7) is 3.30. The SMILES string of the molecule is COC(=O)CC1CN(c2cc(C)ccc2[N+](=O)[O-])CCO1. The number of ether oxygens (including phenoxy) is 2. The van der Waals surface area contributed by atoms with Crippen molar-refractivity contribution in [1.29, 1.82) is 0 Å². The lowest BCUT2D eigenvalue weighted by atomic mass is 10.1. The van der Waals surface area contributed by atoms with Gasteiger partial charge < -0.3 is 14.4 Å². The lowest BCUT2D eigenvalue weighted by molar-refractivity contribution is -0.384. The fourth-order valence-electron chi connectivity index (χ4n) is 2.37. The van der Waals surface area contributed by atoms with E-state index in [1.54, 1.807) is 12.1 Å². The van der Waals surface area contributed by atoms with Crippen LogP contribution in [0.3, 0.4) is 0 Å². The number of anilines is 1. The van der Waals surface area contributed by atoms with E-state index in [9.17, 15) is 14.9 Å². The second-order valence-electron chi connectivity index (χ2n) is 4.97. The van der Waals surface area contributed by atoms with Gasteiger partial charge in [-0.3, -0.25) is 14.9 Å². The first kappa shape index (κ1) is 15.2. The van der Waals surface area contributed by atoms with Crippen LogP contribution in [0.15, 0.2) is 18.2 Å². The van der Waals surface area contributed by atoms with Crippen molar-refractivity contribution < 1.29 is 19.2 Å². The van der Waals surface area contributed by atoms with Crippen LogP contribution in [0.5, 0.6) is 0 Å². The molecular weight excluding hydrogens is 276 g/mol. The van der Waals surface area contributed by atoms with Gasteiger partial charge in [0.25, 0.3) is 5.69 Å². The summed E-state index contributed by atoms with van der Waals surface area (Å²) in [6, 6.07) is 5.02. The minimum absolute atomic E-state index is 0.0688. The summed E-state index contributed by atoms with van der Waals surface area (Å²) in [6.07, 6.45) is -0.168. The molecular formula is C14H18N2O5. The third-order valence-electron chi connectivity index (χ3n) is 3.43. The Morgan fingerprint density at radius 2 is 2.33 bits per heavy atom. The summed E-state index contributed by atoms with van der Waals surface area (Å²) in [4.78, 5) is 24.0. The Hall–Kier alpha value is -2.15. The molecule has 1 atom stereocenters. The van der Waals surface area contributed by atoms with Crippen LogP contribution in [-0.2, 0) is 14.3 Å². The molecule has 0 spiro atoms. The van der Waals surface area contributed by atoms with E-state index in [2.05, 4.69) is 4.74 Å². The molecule has 1 aliphatic rings. The average Bonchev–Trinajstić information content (AvgIpc) is 2.47. The molecule has 114 valence electrons. The fraction of sp³-hybridized carbons (Fsp3) is 0.500. The van der Waals surface area contributed by atoms with E-state index in [4.69, 9.17) is 4.74 Å². The first-order valence-corrected chi connectivity index (χ1v) is 6.69. The van der Waals surface area contributed by atoms with E-state index in [-0.39, 0.29) is 29.1 Å². The summed E-state index contributed by atoms with van der Waals surface area (Å²) < 4.78 is 10.1. The zero-order valence-electron chi connectivity index (χ0n) is 12.1. The van der Waals surface area contributed by atoms with Crippen LogP contribution in [-0.4, -0.2) is 43.8 Å². The third kappa shape index (κ3) is 3.69. The van der Waals surface area contributed by atoms with Gasteiger partial charge in [0.15, 0.2) is 0 Å². The smallest absolute Gasteiger partial charge is 0.308 e. The molecule has 7 heteroatoms. The molecule has 1 saturated heterocycles. The Morgan fingerprint density at radius 1 is 1.57 bits per heavy atom. The first-order chi connectivity index (χ1) is 10.0. The van der Waals surface area contributed by atoms with E-state index in [0.717, 1.165) is 5.56 Å². The molecule has 1 aromatic rings. The van der Waals surface area contributed by atoms with Crippen molar-refractivity contribution in [2.75, 3.05) is 31.7 Å². The molecule has 1 aromatic carbocycles. The van der Waals surface area contributed by atoms with Gasteiger partial charge in [-0.15, -0.1) is 0 Å². The summed E-state index contributed by atoms with van der Waals surface area (Å²) >= 11 is 0. The number of rotatable bonds is 4. The summed E-state index contributed by atoms with van der Waals surface area (Å²) in [5, 5.41) is 11.2. The highest BCUT2D eigenvalue weighted by molar-refractivity contribution is 5.70. The average molecular weight is 294 g/mol. The summed E-state index contributed by atoms with van der Waals surface area (Å²) in [7, 11) is 1.33. The number of carbonyl (C=O) groups excluding carboxylic acids is 1. The number of esters is 1. The van der Waals surface area contributed by atoms with Gasteiger partial charge in [0, 0.05) is 19.2 Å². The van der Waals surface area contributed by atoms with E-state index >= 15 is 0 Å². The van der Waals surface area contributed by atoms with Crippen LogP contribution in [0, 0.1) is 17.0 Å². The van der Waals surface area contributed by atoms with E-state index < -0.39 is 0 Å². The number of aryl methyl sites for hydroxylation is 1. The highest BCUT2D eigenvalue weighted by atomic mass is 16.6. The molecule has 1 heterocycles. The molecule has 0 aromatic heterocycles. The number of nitro groups is 1. The maximum atomic E-state index is 11.3. The molecule has 0 saturated carbocycles. The van der Waals surface area contributed by atoms with Crippen molar-refractivity contribution in [3.05, 3.63) is 33.9 Å². The molecule has 0 N–H and O–H groups in total. The van der Waals surface area contributed by atoms with Gasteiger partial charge in [-0.2, -0.15) is 0 Å². The standard InChI is InChI=1S/C14H18N2O5/c1-10-3-4-12(16(18)19)13(7-10)15-5-6-21-11(9-15)8-14(17)20-2/h3-4,7,11H,5-6,8-9H2,1-2H3. The molecule has 0 bridgehead atoms. The van der Waals surface area contributed by atoms with Crippen LogP contribution in [0.25, 0.3) is 0 Å². The zero-order valence-corrected chi connectivity index (χ0v) is 12.1. The van der Waals surface area contributed by atoms with Crippen molar-refractivity contribution in [3.8, 4) is 0 Å². The number of hydrogen-bond donors (Lipinski definition) is 0. The molecule has 2 rings (SSSR count). The molecule has 1 fully saturated rings. The van der Waals surface area contributed by atoms with Crippen molar-refractivity contribution in [2.45, 2.75) is 19.4 Å². The van der Waals surface area contributed by atoms with Crippen LogP contribution < -0.4 is 4.90 Å². The number of carbonyl (C=O) groups is 1. The molecule has 0 aliphatic carbocycles. The Morgan fingerprint density at radius 3 is 3.00 bits per heavy atom. The highest BCUT2D eigenvalue weighted by Gasteiger charge is 2.27. The quantitative estimate of drug-likeness (QED) is 0.477. The minimum atomic E-state index is -0.389. The molecule has 1 unspecified atom stereocenters. The van der Waals surface area contributed by atoms with Crippen LogP contribution in [0.2, 0.25) is 0 Å². The largest absolute Gasteiger partial charge is 0.469 e. The van der Waals surface area contributed by atoms with Gasteiger partial charge in [-0.05, 0) is 18.6 Å². The number of nitrogens with zero attached hydrogens (tertiary/aromatic N) is 2. The maximum Gasteiger partial charge on any atom is 0.308 e. The van der Waals surface area contributed by atoms with Crippen molar-refractivity contribution in [1.82, 2.24) is 0 Å². The van der Waals surface area contributed by atoms with E-state index in [0.29, 0.717) is 25.4 Å². The normalized spacial score (nSPS) is 18.4. The number of methoxy groups -OCH3 is 1. The van der Waals surface area contributed by atoms with Gasteiger partial charge in [0.1, 0.15) is 5.69 Å². The number of hydrogen-bond acceptors (Lipinski definition) is 6. The minimum Gasteiger partial charge on any atom is -0.469 e. The highest BCUT2D eigenvalue weighted by Crippen LogP contribution is 2.30. The van der Waals surface area contributed by atoms with E-state index in [1.165, 1.54) is 13.2 Å². The summed E-state index contributed by atoms with van der Waals surface area (Å²) in [5.41, 5.74) is 1.59. The molecule has 21 heavy (non-hydrogen) atoms. The molecule has 0 amide bonds. The Kier molecular flexibility index (Phi) is 4.74. The Bertz CT molecular complexity index is 546. The van der Waals surface area contributed by atoms with Gasteiger partial charge in [0.05, 0.1) is 31.2 Å². The summed E-state index contributed by atoms with van der Waals surface area (Å²) in [5.74, 6) is -0.347. The van der Waals surface area contributed by atoms with Crippen LogP contribution in [0.4, 0.5) is 11.4 Å². The number of nitro benzene ring substituents is 1. The van der Waals surface area contributed by atoms with Gasteiger partial charge in [-0.1, -0.05) is 6.07 Å². The van der Waals surface area contributed by atoms with Gasteiger partial charge in [-0.25, -0.2) is 0 Å².